The lowest BCUT2D eigenvalue weighted by atomic mass is 9.93. The van der Waals surface area contributed by atoms with Gasteiger partial charge in [-0.1, -0.05) is 12.1 Å². The van der Waals surface area contributed by atoms with Crippen LogP contribution in [0.3, 0.4) is 0 Å². The van der Waals surface area contributed by atoms with Gasteiger partial charge >= 0.3 is 0 Å². The first-order valence-corrected chi connectivity index (χ1v) is 7.55. The van der Waals surface area contributed by atoms with Crippen LogP contribution in [0.2, 0.25) is 0 Å². The quantitative estimate of drug-likeness (QED) is 0.821. The molecule has 0 spiro atoms. The van der Waals surface area contributed by atoms with Gasteiger partial charge in [0, 0.05) is 20.1 Å². The molecule has 7 nitrogen and oxygen atoms in total. The summed E-state index contributed by atoms with van der Waals surface area (Å²) in [7, 11) is 2.78. The third-order valence-corrected chi connectivity index (χ3v) is 5.01. The molecule has 0 bridgehead atoms. The second-order valence-corrected chi connectivity index (χ2v) is 5.76. The van der Waals surface area contributed by atoms with Crippen molar-refractivity contribution in [1.29, 1.82) is 10.5 Å². The lowest BCUT2D eigenvalue weighted by Gasteiger charge is -2.29. The molecule has 7 heteroatoms. The lowest BCUT2D eigenvalue weighted by molar-refractivity contribution is -0.230. The van der Waals surface area contributed by atoms with Crippen molar-refractivity contribution >= 4 is 5.84 Å². The maximum atomic E-state index is 9.93. The molecule has 3 atom stereocenters. The Bertz CT molecular complexity index is 773. The topological polar surface area (TPSA) is 114 Å². The van der Waals surface area contributed by atoms with Crippen LogP contribution in [0, 0.1) is 33.5 Å². The van der Waals surface area contributed by atoms with E-state index >= 15 is 0 Å². The number of hydrogen-bond acceptors (Lipinski definition) is 7. The Morgan fingerprint density at radius 1 is 1.17 bits per heavy atom. The van der Waals surface area contributed by atoms with Crippen molar-refractivity contribution in [3.8, 4) is 17.9 Å². The van der Waals surface area contributed by atoms with Crippen LogP contribution in [0.15, 0.2) is 29.3 Å². The van der Waals surface area contributed by atoms with Crippen molar-refractivity contribution in [2.24, 2.45) is 21.6 Å². The highest BCUT2D eigenvalue weighted by atomic mass is 16.7. The number of nitrogens with two attached hydrogens (primary N) is 1. The molecule has 1 heterocycles. The zero-order valence-electron chi connectivity index (χ0n) is 13.7. The summed E-state index contributed by atoms with van der Waals surface area (Å²) in [6, 6.07) is 11.7. The largest absolute Gasteiger partial charge is 0.494 e. The van der Waals surface area contributed by atoms with Crippen molar-refractivity contribution in [3.63, 3.8) is 0 Å². The summed E-state index contributed by atoms with van der Waals surface area (Å²) in [5.74, 6) is -1.30. The summed E-state index contributed by atoms with van der Waals surface area (Å²) >= 11 is 0. The molecule has 0 saturated heterocycles. The molecule has 1 fully saturated rings. The van der Waals surface area contributed by atoms with Crippen LogP contribution in [0.4, 0.5) is 0 Å². The first-order chi connectivity index (χ1) is 11.5. The van der Waals surface area contributed by atoms with Gasteiger partial charge in [0.1, 0.15) is 17.0 Å². The molecule has 0 unspecified atom stereocenters. The minimum atomic E-state index is -1.59. The minimum absolute atomic E-state index is 0.0640. The van der Waals surface area contributed by atoms with Gasteiger partial charge in [-0.3, -0.25) is 0 Å². The zero-order valence-corrected chi connectivity index (χ0v) is 13.7. The van der Waals surface area contributed by atoms with E-state index in [0.29, 0.717) is 6.61 Å². The molecular formula is C17H18N4O3. The standard InChI is InChI=1S/C17H18N4O3/c1-4-24-12-7-5-11(6-8-12)13-15(9-18)14(20)21-17(22-2,23-3)16(13,15)10-19/h5-8,13H,4H2,1-3H3,(H2,20,21)/t13-,15-,16+/m1/s1. The molecule has 1 aliphatic heterocycles. The average molecular weight is 326 g/mol. The van der Waals surface area contributed by atoms with Crippen LogP contribution in [-0.2, 0) is 9.47 Å². The number of ether oxygens (including phenoxy) is 3. The van der Waals surface area contributed by atoms with Gasteiger partial charge in [0.25, 0.3) is 5.91 Å². The van der Waals surface area contributed by atoms with Crippen LogP contribution in [0.5, 0.6) is 5.75 Å². The van der Waals surface area contributed by atoms with Gasteiger partial charge in [0.15, 0.2) is 5.41 Å². The number of nitriles is 2. The van der Waals surface area contributed by atoms with Gasteiger partial charge in [-0.05, 0) is 24.6 Å². The maximum Gasteiger partial charge on any atom is 0.292 e. The number of fused-ring (bicyclic) bond motifs is 1. The Hall–Kier alpha value is -2.61. The lowest BCUT2D eigenvalue weighted by Crippen LogP contribution is -2.41. The minimum Gasteiger partial charge on any atom is -0.494 e. The Morgan fingerprint density at radius 2 is 1.79 bits per heavy atom. The Kier molecular flexibility index (Phi) is 3.52. The van der Waals surface area contributed by atoms with Crippen LogP contribution < -0.4 is 10.5 Å². The fourth-order valence-electron chi connectivity index (χ4n) is 3.94. The van der Waals surface area contributed by atoms with Crippen molar-refractivity contribution in [2.75, 3.05) is 20.8 Å². The summed E-state index contributed by atoms with van der Waals surface area (Å²) < 4.78 is 16.3. The summed E-state index contributed by atoms with van der Waals surface area (Å²) in [4.78, 5) is 4.18. The van der Waals surface area contributed by atoms with Crippen molar-refractivity contribution in [1.82, 2.24) is 0 Å². The molecule has 1 aromatic rings. The molecule has 0 amide bonds. The molecule has 1 aromatic carbocycles. The number of rotatable bonds is 5. The average Bonchev–Trinajstić information content (AvgIpc) is 3.18. The molecule has 2 N–H and O–H groups in total. The normalized spacial score (nSPS) is 32.2. The number of benzene rings is 1. The first kappa shape index (κ1) is 16.3. The van der Waals surface area contributed by atoms with Crippen molar-refractivity contribution in [2.45, 2.75) is 18.8 Å². The van der Waals surface area contributed by atoms with E-state index in [4.69, 9.17) is 19.9 Å². The summed E-state index contributed by atoms with van der Waals surface area (Å²) in [5, 5.41) is 19.8. The number of nitrogens with zero attached hydrogens (tertiary/aromatic N) is 3. The van der Waals surface area contributed by atoms with E-state index in [0.717, 1.165) is 11.3 Å². The number of aliphatic imine (C=N–C) groups is 1. The van der Waals surface area contributed by atoms with E-state index in [1.807, 2.05) is 19.1 Å². The fraction of sp³-hybridized carbons (Fsp3) is 0.471. The van der Waals surface area contributed by atoms with Crippen LogP contribution in [-0.4, -0.2) is 32.6 Å². The summed E-state index contributed by atoms with van der Waals surface area (Å²) in [6.07, 6.45) is 0. The van der Waals surface area contributed by atoms with E-state index in [2.05, 4.69) is 17.1 Å². The monoisotopic (exact) mass is 326 g/mol. The second-order valence-electron chi connectivity index (χ2n) is 5.76. The van der Waals surface area contributed by atoms with Crippen LogP contribution in [0.1, 0.15) is 18.4 Å². The smallest absolute Gasteiger partial charge is 0.292 e. The molecule has 24 heavy (non-hydrogen) atoms. The van der Waals surface area contributed by atoms with E-state index in [9.17, 15) is 10.5 Å². The van der Waals surface area contributed by atoms with E-state index in [-0.39, 0.29) is 5.84 Å². The molecule has 1 saturated carbocycles. The van der Waals surface area contributed by atoms with Gasteiger partial charge in [0.05, 0.1) is 18.7 Å². The molecule has 0 radical (unpaired) electrons. The van der Waals surface area contributed by atoms with Gasteiger partial charge in [-0.2, -0.15) is 10.5 Å². The van der Waals surface area contributed by atoms with E-state index < -0.39 is 22.7 Å². The van der Waals surface area contributed by atoms with Gasteiger partial charge in [-0.15, -0.1) is 0 Å². The Balaban J connectivity index is 2.12. The molecule has 1 aliphatic carbocycles. The zero-order chi connectivity index (χ0) is 17.6. The predicted molar refractivity (Wildman–Crippen MR) is 84.8 cm³/mol. The number of amidine groups is 1. The van der Waals surface area contributed by atoms with Gasteiger partial charge in [-0.25, -0.2) is 4.99 Å². The van der Waals surface area contributed by atoms with Crippen LogP contribution in [0.25, 0.3) is 0 Å². The molecule has 0 aromatic heterocycles. The summed E-state index contributed by atoms with van der Waals surface area (Å²) in [6.45, 7) is 2.46. The Labute approximate surface area is 140 Å². The number of hydrogen-bond donors (Lipinski definition) is 1. The van der Waals surface area contributed by atoms with Gasteiger partial charge in [0.2, 0.25) is 0 Å². The molecule has 3 rings (SSSR count). The Morgan fingerprint density at radius 3 is 2.25 bits per heavy atom. The SMILES string of the molecule is CCOc1ccc([C@@H]2[C@]3(C#N)C(N)=NC(OC)(OC)[C@@]23C#N)cc1. The van der Waals surface area contributed by atoms with Crippen molar-refractivity contribution < 1.29 is 14.2 Å². The first-order valence-electron chi connectivity index (χ1n) is 7.55. The molecular weight excluding hydrogens is 308 g/mol. The molecule has 124 valence electrons. The highest BCUT2D eigenvalue weighted by molar-refractivity contribution is 6.00. The third kappa shape index (κ3) is 1.53. The summed E-state index contributed by atoms with van der Waals surface area (Å²) in [5.41, 5.74) is 4.25. The van der Waals surface area contributed by atoms with E-state index in [1.165, 1.54) is 14.2 Å². The third-order valence-electron chi connectivity index (χ3n) is 5.01. The van der Waals surface area contributed by atoms with Gasteiger partial charge < -0.3 is 19.9 Å². The van der Waals surface area contributed by atoms with Crippen molar-refractivity contribution in [3.05, 3.63) is 29.8 Å². The highest BCUT2D eigenvalue weighted by Gasteiger charge is 2.93. The number of methoxy groups -OCH3 is 2. The highest BCUT2D eigenvalue weighted by Crippen LogP contribution is 2.81. The van der Waals surface area contributed by atoms with E-state index in [1.54, 1.807) is 12.1 Å². The molecule has 2 aliphatic rings. The predicted octanol–water partition coefficient (Wildman–Crippen LogP) is 1.52. The second kappa shape index (κ2) is 5.20. The fourth-order valence-corrected chi connectivity index (χ4v) is 3.94. The maximum absolute atomic E-state index is 9.93. The van der Waals surface area contributed by atoms with Crippen LogP contribution >= 0.6 is 0 Å².